The Labute approximate surface area is 129 Å². The summed E-state index contributed by atoms with van der Waals surface area (Å²) in [4.78, 5) is 13.9. The van der Waals surface area contributed by atoms with E-state index < -0.39 is 0 Å². The Morgan fingerprint density at radius 2 is 2.05 bits per heavy atom. The quantitative estimate of drug-likeness (QED) is 0.872. The fraction of sp³-hybridized carbons (Fsp3) is 0.500. The van der Waals surface area contributed by atoms with E-state index >= 15 is 0 Å². The standard InChI is InChI=1S/C16H20N4S/c1-5-17-16(18-6-1)20-9-13-2-3-15(11-20)19(8-13)10-14-4-7-21-12-14/h1,4-7,12-13,15H,2-3,8-11H2/t13-,15-/m0/s1. The van der Waals surface area contributed by atoms with Gasteiger partial charge >= 0.3 is 0 Å². The smallest absolute Gasteiger partial charge is 0.225 e. The summed E-state index contributed by atoms with van der Waals surface area (Å²) in [5.41, 5.74) is 1.45. The maximum Gasteiger partial charge on any atom is 0.225 e. The summed E-state index contributed by atoms with van der Waals surface area (Å²) < 4.78 is 0. The van der Waals surface area contributed by atoms with Gasteiger partial charge in [0.1, 0.15) is 0 Å². The van der Waals surface area contributed by atoms with Crippen molar-refractivity contribution in [3.8, 4) is 0 Å². The van der Waals surface area contributed by atoms with Gasteiger partial charge in [-0.2, -0.15) is 11.3 Å². The molecule has 3 aliphatic heterocycles. The van der Waals surface area contributed by atoms with Gasteiger partial charge in [0.15, 0.2) is 0 Å². The van der Waals surface area contributed by atoms with Crippen molar-refractivity contribution in [2.45, 2.75) is 25.4 Å². The molecule has 2 aromatic rings. The molecule has 0 amide bonds. The van der Waals surface area contributed by atoms with E-state index in [0.29, 0.717) is 6.04 Å². The number of nitrogens with zero attached hydrogens (tertiary/aromatic N) is 4. The molecule has 21 heavy (non-hydrogen) atoms. The molecule has 0 saturated carbocycles. The first kappa shape index (κ1) is 13.2. The topological polar surface area (TPSA) is 32.3 Å². The molecule has 0 unspecified atom stereocenters. The van der Waals surface area contributed by atoms with Gasteiger partial charge in [-0.15, -0.1) is 0 Å². The summed E-state index contributed by atoms with van der Waals surface area (Å²) in [6.45, 7) is 4.46. The summed E-state index contributed by atoms with van der Waals surface area (Å²) in [6, 6.07) is 4.77. The van der Waals surface area contributed by atoms with Crippen LogP contribution in [0.25, 0.3) is 0 Å². The van der Waals surface area contributed by atoms with Gasteiger partial charge in [-0.25, -0.2) is 9.97 Å². The average Bonchev–Trinajstić information content (AvgIpc) is 2.86. The van der Waals surface area contributed by atoms with Crippen LogP contribution in [0.5, 0.6) is 0 Å². The number of fused-ring (bicyclic) bond motifs is 4. The molecular weight excluding hydrogens is 280 g/mol. The predicted octanol–water partition coefficient (Wildman–Crippen LogP) is 2.64. The number of rotatable bonds is 3. The molecule has 2 bridgehead atoms. The highest BCUT2D eigenvalue weighted by molar-refractivity contribution is 7.07. The first-order valence-electron chi connectivity index (χ1n) is 7.65. The lowest BCUT2D eigenvalue weighted by Crippen LogP contribution is -2.43. The number of piperidine rings is 1. The average molecular weight is 300 g/mol. The van der Waals surface area contributed by atoms with Gasteiger partial charge in [-0.1, -0.05) is 0 Å². The molecule has 0 spiro atoms. The van der Waals surface area contributed by atoms with Crippen molar-refractivity contribution < 1.29 is 0 Å². The van der Waals surface area contributed by atoms with E-state index in [9.17, 15) is 0 Å². The van der Waals surface area contributed by atoms with Crippen molar-refractivity contribution >= 4 is 17.3 Å². The molecule has 5 rings (SSSR count). The Bertz CT molecular complexity index is 571. The Morgan fingerprint density at radius 3 is 2.86 bits per heavy atom. The molecule has 3 fully saturated rings. The van der Waals surface area contributed by atoms with E-state index in [1.165, 1.54) is 24.9 Å². The van der Waals surface area contributed by atoms with Gasteiger partial charge in [-0.3, -0.25) is 4.90 Å². The molecule has 0 N–H and O–H groups in total. The molecule has 2 atom stereocenters. The first-order valence-corrected chi connectivity index (χ1v) is 8.60. The van der Waals surface area contributed by atoms with Gasteiger partial charge in [0.2, 0.25) is 5.95 Å². The second-order valence-corrected chi connectivity index (χ2v) is 6.89. The normalized spacial score (nSPS) is 26.0. The highest BCUT2D eigenvalue weighted by Crippen LogP contribution is 2.30. The molecule has 110 valence electrons. The minimum absolute atomic E-state index is 0.632. The number of aromatic nitrogens is 2. The minimum Gasteiger partial charge on any atom is -0.339 e. The zero-order valence-electron chi connectivity index (χ0n) is 12.1. The SMILES string of the molecule is c1cnc(N2C[C@H]3CC[C@@H](C2)N(Cc2ccsc2)C3)nc1. The van der Waals surface area contributed by atoms with Crippen molar-refractivity contribution in [3.63, 3.8) is 0 Å². The van der Waals surface area contributed by atoms with Gasteiger partial charge < -0.3 is 4.90 Å². The number of hydrogen-bond donors (Lipinski definition) is 0. The molecule has 0 aromatic carbocycles. The number of anilines is 1. The molecular formula is C16H20N4S. The Balaban J connectivity index is 1.52. The number of thiophene rings is 1. The van der Waals surface area contributed by atoms with E-state index in [4.69, 9.17) is 0 Å². The predicted molar refractivity (Wildman–Crippen MR) is 85.5 cm³/mol. The minimum atomic E-state index is 0.632. The van der Waals surface area contributed by atoms with Crippen LogP contribution in [0.15, 0.2) is 35.3 Å². The fourth-order valence-corrected chi connectivity index (χ4v) is 4.27. The monoisotopic (exact) mass is 300 g/mol. The lowest BCUT2D eigenvalue weighted by molar-refractivity contribution is 0.126. The highest BCUT2D eigenvalue weighted by atomic mass is 32.1. The largest absolute Gasteiger partial charge is 0.339 e. The van der Waals surface area contributed by atoms with Gasteiger partial charge in [0.25, 0.3) is 0 Å². The third kappa shape index (κ3) is 2.80. The molecule has 5 heterocycles. The Kier molecular flexibility index (Phi) is 3.61. The van der Waals surface area contributed by atoms with Crippen LogP contribution in [0.3, 0.4) is 0 Å². The van der Waals surface area contributed by atoms with Crippen molar-refractivity contribution in [1.82, 2.24) is 14.9 Å². The van der Waals surface area contributed by atoms with E-state index in [-0.39, 0.29) is 0 Å². The van der Waals surface area contributed by atoms with E-state index in [1.54, 1.807) is 11.3 Å². The van der Waals surface area contributed by atoms with E-state index in [0.717, 1.165) is 31.5 Å². The zero-order chi connectivity index (χ0) is 14.1. The van der Waals surface area contributed by atoms with Gasteiger partial charge in [-0.05, 0) is 47.2 Å². The summed E-state index contributed by atoms with van der Waals surface area (Å²) in [7, 11) is 0. The molecule has 5 heteroatoms. The van der Waals surface area contributed by atoms with Crippen molar-refractivity contribution in [2.75, 3.05) is 24.5 Å². The van der Waals surface area contributed by atoms with E-state index in [2.05, 4.69) is 36.6 Å². The van der Waals surface area contributed by atoms with Crippen LogP contribution in [0.2, 0.25) is 0 Å². The third-order valence-electron chi connectivity index (χ3n) is 4.63. The van der Waals surface area contributed by atoms with Gasteiger partial charge in [0.05, 0.1) is 0 Å². The lowest BCUT2D eigenvalue weighted by atomic mass is 9.95. The summed E-state index contributed by atoms with van der Waals surface area (Å²) in [5, 5.41) is 4.45. The molecule has 3 saturated heterocycles. The van der Waals surface area contributed by atoms with Crippen LogP contribution in [0.1, 0.15) is 18.4 Å². The maximum absolute atomic E-state index is 4.44. The maximum atomic E-state index is 4.44. The molecule has 3 aliphatic rings. The zero-order valence-corrected chi connectivity index (χ0v) is 12.9. The van der Waals surface area contributed by atoms with E-state index in [1.807, 2.05) is 18.5 Å². The molecule has 2 aromatic heterocycles. The fourth-order valence-electron chi connectivity index (χ4n) is 3.61. The van der Waals surface area contributed by atoms with Crippen LogP contribution < -0.4 is 4.90 Å². The van der Waals surface area contributed by atoms with Crippen LogP contribution >= 0.6 is 11.3 Å². The highest BCUT2D eigenvalue weighted by Gasteiger charge is 2.35. The first-order chi connectivity index (χ1) is 10.4. The number of hydrogen-bond acceptors (Lipinski definition) is 5. The summed E-state index contributed by atoms with van der Waals surface area (Å²) >= 11 is 1.79. The van der Waals surface area contributed by atoms with Crippen LogP contribution in [0.4, 0.5) is 5.95 Å². The second kappa shape index (κ2) is 5.73. The third-order valence-corrected chi connectivity index (χ3v) is 5.36. The molecule has 0 radical (unpaired) electrons. The Morgan fingerprint density at radius 1 is 1.14 bits per heavy atom. The van der Waals surface area contributed by atoms with Crippen LogP contribution in [0, 0.1) is 5.92 Å². The molecule has 4 nitrogen and oxygen atoms in total. The van der Waals surface area contributed by atoms with Crippen molar-refractivity contribution in [1.29, 1.82) is 0 Å². The van der Waals surface area contributed by atoms with Crippen molar-refractivity contribution in [3.05, 3.63) is 40.8 Å². The summed E-state index contributed by atoms with van der Waals surface area (Å²) in [5.74, 6) is 1.64. The molecule has 0 aliphatic carbocycles. The Hall–Kier alpha value is -1.46. The summed E-state index contributed by atoms with van der Waals surface area (Å²) in [6.07, 6.45) is 6.34. The second-order valence-electron chi connectivity index (χ2n) is 6.11. The van der Waals surface area contributed by atoms with Gasteiger partial charge in [0, 0.05) is 44.6 Å². The van der Waals surface area contributed by atoms with Crippen LogP contribution in [-0.4, -0.2) is 40.5 Å². The van der Waals surface area contributed by atoms with Crippen LogP contribution in [-0.2, 0) is 6.54 Å². The van der Waals surface area contributed by atoms with Crippen molar-refractivity contribution in [2.24, 2.45) is 5.92 Å². The lowest BCUT2D eigenvalue weighted by Gasteiger charge is -2.35.